The fraction of sp³-hybridized carbons (Fsp3) is 0.500. The first-order valence-electron chi connectivity index (χ1n) is 8.22. The molecule has 2 heterocycles. The number of benzene rings is 1. The summed E-state index contributed by atoms with van der Waals surface area (Å²) in [5.74, 6) is 1.51. The van der Waals surface area contributed by atoms with Crippen molar-refractivity contribution < 1.29 is 4.52 Å². The molecule has 1 saturated heterocycles. The molecule has 110 valence electrons. The number of rotatable bonds is 2. The Labute approximate surface area is 125 Å². The third-order valence-electron chi connectivity index (χ3n) is 4.88. The number of anilines is 1. The quantitative estimate of drug-likeness (QED) is 0.829. The van der Waals surface area contributed by atoms with Crippen LogP contribution >= 0.6 is 0 Å². The van der Waals surface area contributed by atoms with Gasteiger partial charge in [0.25, 0.3) is 0 Å². The zero-order chi connectivity index (χ0) is 14.1. The van der Waals surface area contributed by atoms with E-state index in [9.17, 15) is 0 Å². The van der Waals surface area contributed by atoms with Crippen LogP contribution in [0.25, 0.3) is 0 Å². The SMILES string of the molecule is c1ccc(C2CCCc3noc(N4CCCCC4)c32)cc1. The van der Waals surface area contributed by atoms with E-state index in [1.165, 1.54) is 48.9 Å². The molecule has 0 N–H and O–H groups in total. The van der Waals surface area contributed by atoms with Gasteiger partial charge in [-0.05, 0) is 44.1 Å². The molecular formula is C18H22N2O. The minimum absolute atomic E-state index is 0.457. The molecule has 3 nitrogen and oxygen atoms in total. The van der Waals surface area contributed by atoms with Crippen LogP contribution in [0.4, 0.5) is 5.88 Å². The van der Waals surface area contributed by atoms with Gasteiger partial charge in [0.1, 0.15) is 0 Å². The second kappa shape index (κ2) is 5.55. The molecule has 3 heteroatoms. The Balaban J connectivity index is 1.74. The molecule has 21 heavy (non-hydrogen) atoms. The summed E-state index contributed by atoms with van der Waals surface area (Å²) in [6, 6.07) is 10.8. The lowest BCUT2D eigenvalue weighted by Crippen LogP contribution is -2.30. The monoisotopic (exact) mass is 282 g/mol. The lowest BCUT2D eigenvalue weighted by Gasteiger charge is -2.29. The molecule has 1 unspecified atom stereocenters. The van der Waals surface area contributed by atoms with E-state index >= 15 is 0 Å². The van der Waals surface area contributed by atoms with Gasteiger partial charge < -0.3 is 9.42 Å². The van der Waals surface area contributed by atoms with Crippen molar-refractivity contribution >= 4 is 5.88 Å². The molecule has 1 fully saturated rings. The number of aryl methyl sites for hydroxylation is 1. The van der Waals surface area contributed by atoms with Crippen LogP contribution in [0.15, 0.2) is 34.9 Å². The summed E-state index contributed by atoms with van der Waals surface area (Å²) in [5, 5.41) is 4.39. The summed E-state index contributed by atoms with van der Waals surface area (Å²) in [5.41, 5.74) is 3.96. The van der Waals surface area contributed by atoms with Crippen LogP contribution in [-0.2, 0) is 6.42 Å². The van der Waals surface area contributed by atoms with Crippen LogP contribution in [0.5, 0.6) is 0 Å². The Bertz CT molecular complexity index is 599. The third-order valence-corrected chi connectivity index (χ3v) is 4.88. The molecule has 1 atom stereocenters. The van der Waals surface area contributed by atoms with Crippen molar-refractivity contribution in [2.45, 2.75) is 44.4 Å². The van der Waals surface area contributed by atoms with E-state index in [2.05, 4.69) is 40.4 Å². The largest absolute Gasteiger partial charge is 0.340 e. The summed E-state index contributed by atoms with van der Waals surface area (Å²) in [6.07, 6.45) is 7.36. The number of aromatic nitrogens is 1. The summed E-state index contributed by atoms with van der Waals surface area (Å²) >= 11 is 0. The van der Waals surface area contributed by atoms with Gasteiger partial charge in [-0.3, -0.25) is 0 Å². The molecule has 1 aromatic heterocycles. The summed E-state index contributed by atoms with van der Waals surface area (Å²) in [6.45, 7) is 2.23. The predicted molar refractivity (Wildman–Crippen MR) is 83.8 cm³/mol. The Kier molecular flexibility index (Phi) is 3.42. The van der Waals surface area contributed by atoms with E-state index in [1.807, 2.05) is 0 Å². The normalized spacial score (nSPS) is 22.1. The van der Waals surface area contributed by atoms with Crippen molar-refractivity contribution in [2.24, 2.45) is 0 Å². The van der Waals surface area contributed by atoms with E-state index in [0.717, 1.165) is 25.4 Å². The average Bonchev–Trinajstić information content (AvgIpc) is 3.00. The van der Waals surface area contributed by atoms with Crippen LogP contribution in [0, 0.1) is 0 Å². The standard InChI is InChI=1S/C18H22N2O/c1-3-8-14(9-4-1)15-10-7-11-16-17(15)18(21-19-16)20-12-5-2-6-13-20/h1,3-4,8-9,15H,2,5-7,10-13H2. The Morgan fingerprint density at radius 2 is 1.81 bits per heavy atom. The highest BCUT2D eigenvalue weighted by molar-refractivity contribution is 5.53. The average molecular weight is 282 g/mol. The van der Waals surface area contributed by atoms with Gasteiger partial charge in [-0.15, -0.1) is 0 Å². The van der Waals surface area contributed by atoms with Gasteiger partial charge in [0.05, 0.1) is 5.69 Å². The molecule has 1 aliphatic heterocycles. The zero-order valence-electron chi connectivity index (χ0n) is 12.4. The molecule has 0 saturated carbocycles. The maximum atomic E-state index is 5.78. The van der Waals surface area contributed by atoms with Gasteiger partial charge >= 0.3 is 0 Å². The number of nitrogens with zero attached hydrogens (tertiary/aromatic N) is 2. The first-order chi connectivity index (χ1) is 10.4. The van der Waals surface area contributed by atoms with Crippen molar-refractivity contribution in [3.63, 3.8) is 0 Å². The van der Waals surface area contributed by atoms with Gasteiger partial charge in [-0.25, -0.2) is 0 Å². The van der Waals surface area contributed by atoms with Gasteiger partial charge in [0.15, 0.2) is 0 Å². The van der Waals surface area contributed by atoms with E-state index in [1.54, 1.807) is 0 Å². The van der Waals surface area contributed by atoms with E-state index in [0.29, 0.717) is 5.92 Å². The summed E-state index contributed by atoms with van der Waals surface area (Å²) in [7, 11) is 0. The van der Waals surface area contributed by atoms with Crippen LogP contribution in [0.2, 0.25) is 0 Å². The maximum absolute atomic E-state index is 5.78. The minimum atomic E-state index is 0.457. The summed E-state index contributed by atoms with van der Waals surface area (Å²) < 4.78 is 5.78. The lowest BCUT2D eigenvalue weighted by atomic mass is 9.81. The fourth-order valence-electron chi connectivity index (χ4n) is 3.81. The Morgan fingerprint density at radius 1 is 1.00 bits per heavy atom. The second-order valence-corrected chi connectivity index (χ2v) is 6.25. The maximum Gasteiger partial charge on any atom is 0.231 e. The smallest absolute Gasteiger partial charge is 0.231 e. The lowest BCUT2D eigenvalue weighted by molar-refractivity contribution is 0.398. The van der Waals surface area contributed by atoms with Crippen LogP contribution < -0.4 is 4.90 Å². The third kappa shape index (κ3) is 2.35. The van der Waals surface area contributed by atoms with Gasteiger partial charge in [-0.1, -0.05) is 35.5 Å². The van der Waals surface area contributed by atoms with Crippen LogP contribution in [0.1, 0.15) is 54.8 Å². The zero-order valence-corrected chi connectivity index (χ0v) is 12.4. The second-order valence-electron chi connectivity index (χ2n) is 6.25. The number of hydrogen-bond donors (Lipinski definition) is 0. The van der Waals surface area contributed by atoms with Gasteiger partial charge in [0.2, 0.25) is 5.88 Å². The van der Waals surface area contributed by atoms with E-state index in [4.69, 9.17) is 4.52 Å². The van der Waals surface area contributed by atoms with E-state index < -0.39 is 0 Å². The van der Waals surface area contributed by atoms with Crippen molar-refractivity contribution in [1.82, 2.24) is 5.16 Å². The first kappa shape index (κ1) is 12.9. The minimum Gasteiger partial charge on any atom is -0.340 e. The first-order valence-corrected chi connectivity index (χ1v) is 8.22. The van der Waals surface area contributed by atoms with E-state index in [-0.39, 0.29) is 0 Å². The Morgan fingerprint density at radius 3 is 2.62 bits per heavy atom. The molecule has 0 bridgehead atoms. The molecule has 2 aliphatic rings. The topological polar surface area (TPSA) is 29.3 Å². The molecule has 0 spiro atoms. The van der Waals surface area contributed by atoms with Crippen molar-refractivity contribution in [2.75, 3.05) is 18.0 Å². The molecule has 1 aliphatic carbocycles. The van der Waals surface area contributed by atoms with Crippen molar-refractivity contribution in [3.8, 4) is 0 Å². The summed E-state index contributed by atoms with van der Waals surface area (Å²) in [4.78, 5) is 2.41. The number of piperidine rings is 1. The molecule has 0 radical (unpaired) electrons. The van der Waals surface area contributed by atoms with Crippen LogP contribution in [-0.4, -0.2) is 18.2 Å². The van der Waals surface area contributed by atoms with Crippen molar-refractivity contribution in [3.05, 3.63) is 47.2 Å². The molecule has 0 amide bonds. The van der Waals surface area contributed by atoms with Crippen molar-refractivity contribution in [1.29, 1.82) is 0 Å². The molecular weight excluding hydrogens is 260 g/mol. The van der Waals surface area contributed by atoms with Crippen LogP contribution in [0.3, 0.4) is 0 Å². The highest BCUT2D eigenvalue weighted by Gasteiger charge is 2.31. The molecule has 1 aromatic carbocycles. The highest BCUT2D eigenvalue weighted by atomic mass is 16.5. The van der Waals surface area contributed by atoms with Gasteiger partial charge in [0, 0.05) is 24.6 Å². The highest BCUT2D eigenvalue weighted by Crippen LogP contribution is 2.42. The fourth-order valence-corrected chi connectivity index (χ4v) is 3.81. The number of fused-ring (bicyclic) bond motifs is 1. The molecule has 4 rings (SSSR count). The van der Waals surface area contributed by atoms with Gasteiger partial charge in [-0.2, -0.15) is 0 Å². The predicted octanol–water partition coefficient (Wildman–Crippen LogP) is 4.13. The number of hydrogen-bond acceptors (Lipinski definition) is 3. The molecule has 2 aromatic rings. The Hall–Kier alpha value is -1.77.